The molecular weight excluding hydrogens is 890 g/mol. The van der Waals surface area contributed by atoms with Gasteiger partial charge in [-0.1, -0.05) is 29.3 Å². The number of aromatic nitrogens is 3. The van der Waals surface area contributed by atoms with Gasteiger partial charge in [0.15, 0.2) is 18.2 Å². The average Bonchev–Trinajstić information content (AvgIpc) is 3.88. The third-order valence-corrected chi connectivity index (χ3v) is 11.9. The molecule has 5 amide bonds. The van der Waals surface area contributed by atoms with E-state index in [4.69, 9.17) is 52.6 Å². The normalized spacial score (nSPS) is 17.3. The summed E-state index contributed by atoms with van der Waals surface area (Å²) in [6.45, 7) is 6.47. The molecule has 3 aliphatic heterocycles. The van der Waals surface area contributed by atoms with E-state index in [0.29, 0.717) is 44.3 Å². The molecule has 21 heteroatoms. The van der Waals surface area contributed by atoms with Crippen LogP contribution in [0.4, 0.5) is 10.2 Å². The van der Waals surface area contributed by atoms with Crippen LogP contribution >= 0.6 is 23.2 Å². The number of likely N-dealkylation sites (tertiary alicyclic amines) is 1. The lowest BCUT2D eigenvalue weighted by Crippen LogP contribution is -2.54. The van der Waals surface area contributed by atoms with Gasteiger partial charge < -0.3 is 39.6 Å². The number of amides is 5. The molecule has 0 radical (unpaired) electrons. The van der Waals surface area contributed by atoms with Crippen molar-refractivity contribution >= 4 is 58.6 Å². The first-order chi connectivity index (χ1) is 31.4. The highest BCUT2D eigenvalue weighted by molar-refractivity contribution is 6.36. The Morgan fingerprint density at radius 1 is 0.938 bits per heavy atom. The van der Waals surface area contributed by atoms with Gasteiger partial charge in [0.05, 0.1) is 68.0 Å². The molecule has 0 spiro atoms. The van der Waals surface area contributed by atoms with E-state index in [1.54, 1.807) is 25.4 Å². The molecule has 7 rings (SSSR count). The minimum Gasteiger partial charge on any atom is -0.483 e. The Bertz CT molecular complexity index is 2400. The lowest BCUT2D eigenvalue weighted by Gasteiger charge is -2.31. The Balaban J connectivity index is 0.716. The van der Waals surface area contributed by atoms with Gasteiger partial charge in [-0.3, -0.25) is 38.9 Å². The minimum absolute atomic E-state index is 0.00528. The number of anilines is 1. The number of imide groups is 2. The number of nitrogens with two attached hydrogens (primary N) is 1. The molecular formula is C44H49Cl2FN8O10. The zero-order chi connectivity index (χ0) is 46.0. The molecule has 2 saturated heterocycles. The molecule has 0 saturated carbocycles. The number of rotatable bonds is 21. The second kappa shape index (κ2) is 22.0. The van der Waals surface area contributed by atoms with E-state index in [-0.39, 0.29) is 64.8 Å². The summed E-state index contributed by atoms with van der Waals surface area (Å²) >= 11 is 12.5. The summed E-state index contributed by atoms with van der Waals surface area (Å²) in [5.74, 6) is -3.08. The van der Waals surface area contributed by atoms with Gasteiger partial charge in [-0.15, -0.1) is 0 Å². The number of fused-ring (bicyclic) bond motifs is 1. The highest BCUT2D eigenvalue weighted by Gasteiger charge is 2.46. The van der Waals surface area contributed by atoms with Gasteiger partial charge in [0.25, 0.3) is 17.7 Å². The molecule has 5 heterocycles. The summed E-state index contributed by atoms with van der Waals surface area (Å²) in [7, 11) is 0. The molecule has 2 atom stereocenters. The van der Waals surface area contributed by atoms with Crippen LogP contribution in [0.5, 0.6) is 11.5 Å². The van der Waals surface area contributed by atoms with Gasteiger partial charge in [-0.25, -0.2) is 9.37 Å². The number of pyridine rings is 1. The maximum Gasteiger partial charge on any atom is 0.266 e. The van der Waals surface area contributed by atoms with Crippen molar-refractivity contribution in [3.05, 3.63) is 87.5 Å². The first-order valence-electron chi connectivity index (χ1n) is 21.2. The quantitative estimate of drug-likeness (QED) is 0.0600. The SMILES string of the molecule is C[C@@H](Oc1cc(-c2cnn(C3CCN(CCOCCOCCOCCNC(=O)COc4cccc5c4C(=O)N(C4CCC(=O)NC4=O)C5=O)CC3)c2)cnc1N)c1c(Cl)ccc(F)c1Cl. The van der Waals surface area contributed by atoms with Crippen molar-refractivity contribution in [3.8, 4) is 22.6 Å². The van der Waals surface area contributed by atoms with Crippen molar-refractivity contribution < 1.29 is 52.0 Å². The molecule has 2 aromatic heterocycles. The van der Waals surface area contributed by atoms with Crippen molar-refractivity contribution in [3.63, 3.8) is 0 Å². The van der Waals surface area contributed by atoms with Crippen LogP contribution in [0, 0.1) is 5.82 Å². The number of piperidine rings is 2. The van der Waals surface area contributed by atoms with E-state index in [1.807, 2.05) is 10.9 Å². The number of nitrogen functional groups attached to an aromatic ring is 1. The van der Waals surface area contributed by atoms with Crippen molar-refractivity contribution in [2.75, 3.05) is 78.2 Å². The summed E-state index contributed by atoms with van der Waals surface area (Å²) in [5, 5.41) is 9.64. The van der Waals surface area contributed by atoms with Crippen molar-refractivity contribution in [1.29, 1.82) is 0 Å². The Hall–Kier alpha value is -5.70. The van der Waals surface area contributed by atoms with Gasteiger partial charge >= 0.3 is 0 Å². The molecule has 0 aliphatic carbocycles. The largest absolute Gasteiger partial charge is 0.483 e. The second-order valence-electron chi connectivity index (χ2n) is 15.5. The zero-order valence-electron chi connectivity index (χ0n) is 35.6. The predicted octanol–water partition coefficient (Wildman–Crippen LogP) is 4.40. The predicted molar refractivity (Wildman–Crippen MR) is 234 cm³/mol. The molecule has 18 nitrogen and oxygen atoms in total. The molecule has 65 heavy (non-hydrogen) atoms. The number of ether oxygens (including phenoxy) is 5. The molecule has 0 bridgehead atoms. The summed E-state index contributed by atoms with van der Waals surface area (Å²) in [6, 6.07) is 7.97. The molecule has 4 aromatic rings. The van der Waals surface area contributed by atoms with Crippen LogP contribution in [0.3, 0.4) is 0 Å². The fourth-order valence-electron chi connectivity index (χ4n) is 7.76. The highest BCUT2D eigenvalue weighted by Crippen LogP contribution is 2.38. The summed E-state index contributed by atoms with van der Waals surface area (Å²) in [6.07, 6.45) is 6.63. The Kier molecular flexibility index (Phi) is 16.0. The second-order valence-corrected chi connectivity index (χ2v) is 16.3. The summed E-state index contributed by atoms with van der Waals surface area (Å²) in [4.78, 5) is 70.0. The molecule has 2 fully saturated rings. The van der Waals surface area contributed by atoms with Crippen LogP contribution in [0.25, 0.3) is 11.1 Å². The van der Waals surface area contributed by atoms with Crippen LogP contribution in [0.15, 0.2) is 55.0 Å². The van der Waals surface area contributed by atoms with E-state index in [2.05, 4.69) is 25.6 Å². The van der Waals surface area contributed by atoms with Crippen LogP contribution in [0.2, 0.25) is 10.0 Å². The number of nitrogens with zero attached hydrogens (tertiary/aromatic N) is 5. The minimum atomic E-state index is -1.11. The highest BCUT2D eigenvalue weighted by atomic mass is 35.5. The number of nitrogens with one attached hydrogen (secondary N) is 2. The number of hydrogen-bond donors (Lipinski definition) is 3. The van der Waals surface area contributed by atoms with Crippen LogP contribution in [-0.4, -0.2) is 133 Å². The lowest BCUT2D eigenvalue weighted by molar-refractivity contribution is -0.136. The van der Waals surface area contributed by atoms with Crippen molar-refractivity contribution in [2.24, 2.45) is 0 Å². The fourth-order valence-corrected chi connectivity index (χ4v) is 8.44. The van der Waals surface area contributed by atoms with Crippen LogP contribution in [-0.2, 0) is 28.6 Å². The molecule has 346 valence electrons. The zero-order valence-corrected chi connectivity index (χ0v) is 37.1. The van der Waals surface area contributed by atoms with Crippen LogP contribution < -0.4 is 25.8 Å². The van der Waals surface area contributed by atoms with Gasteiger partial charge in [-0.2, -0.15) is 5.10 Å². The fraction of sp³-hybridized carbons (Fsp3) is 0.432. The van der Waals surface area contributed by atoms with Gasteiger partial charge in [0, 0.05) is 66.7 Å². The molecule has 4 N–H and O–H groups in total. The standard InChI is InChI=1S/C44H49Cl2FN8O10/c1-26(38-31(45)5-6-32(47)40(38)46)65-35-21-27(22-50-41(35)48)28-23-51-54(24-28)29-9-12-53(13-10-29)14-16-62-18-20-63-19-17-61-15-11-49-37(57)25-64-34-4-2-3-30-39(34)44(60)55(43(30)59)33-7-8-36(56)52-42(33)58/h2-6,21-24,26,29,33H,7-20,25H2,1H3,(H2,48,50)(H,49,57)(H,52,56,58)/t26-,33?/m1/s1. The molecule has 1 unspecified atom stereocenters. The van der Waals surface area contributed by atoms with Crippen molar-refractivity contribution in [2.45, 2.75) is 50.8 Å². The Morgan fingerprint density at radius 3 is 2.43 bits per heavy atom. The molecule has 2 aromatic carbocycles. The van der Waals surface area contributed by atoms with E-state index >= 15 is 0 Å². The number of benzene rings is 2. The monoisotopic (exact) mass is 938 g/mol. The summed E-state index contributed by atoms with van der Waals surface area (Å²) in [5.41, 5.74) is 8.09. The number of halogens is 3. The third-order valence-electron chi connectivity index (χ3n) is 11.2. The molecule has 3 aliphatic rings. The topological polar surface area (TPSA) is 219 Å². The number of carbonyl (C=O) groups excluding carboxylic acids is 5. The maximum atomic E-state index is 14.1. The lowest BCUT2D eigenvalue weighted by atomic mass is 10.0. The van der Waals surface area contributed by atoms with Crippen molar-refractivity contribution in [1.82, 2.24) is 35.2 Å². The first-order valence-corrected chi connectivity index (χ1v) is 21.9. The van der Waals surface area contributed by atoms with Gasteiger partial charge in [0.1, 0.15) is 23.7 Å². The Morgan fingerprint density at radius 2 is 1.68 bits per heavy atom. The van der Waals surface area contributed by atoms with E-state index in [9.17, 15) is 28.4 Å². The smallest absolute Gasteiger partial charge is 0.266 e. The number of carbonyl (C=O) groups is 5. The van der Waals surface area contributed by atoms with Crippen LogP contribution in [0.1, 0.15) is 71.0 Å². The van der Waals surface area contributed by atoms with E-state index in [0.717, 1.165) is 48.5 Å². The van der Waals surface area contributed by atoms with E-state index in [1.165, 1.54) is 30.3 Å². The maximum absolute atomic E-state index is 14.1. The average molecular weight is 940 g/mol. The summed E-state index contributed by atoms with van der Waals surface area (Å²) < 4.78 is 44.7. The van der Waals surface area contributed by atoms with E-state index < -0.39 is 54.1 Å². The number of hydrogen-bond acceptors (Lipinski definition) is 14. The van der Waals surface area contributed by atoms with Gasteiger partial charge in [0.2, 0.25) is 11.8 Å². The Labute approximate surface area is 383 Å². The third kappa shape index (κ3) is 11.6. The first kappa shape index (κ1) is 47.3. The van der Waals surface area contributed by atoms with Gasteiger partial charge in [-0.05, 0) is 56.5 Å².